The molecule has 0 heterocycles. The van der Waals surface area contributed by atoms with E-state index in [0.717, 1.165) is 22.3 Å². The number of carbonyl (C=O) groups excluding carboxylic acids is 2. The van der Waals surface area contributed by atoms with Gasteiger partial charge in [-0.3, -0.25) is 9.59 Å². The number of amides is 2. The lowest BCUT2D eigenvalue weighted by Crippen LogP contribution is -2.45. The Bertz CT molecular complexity index is 718. The molecule has 4 heteroatoms. The second-order valence-electron chi connectivity index (χ2n) is 6.00. The minimum Gasteiger partial charge on any atom is -0.368 e. The van der Waals surface area contributed by atoms with E-state index in [-0.39, 0.29) is 5.91 Å². The van der Waals surface area contributed by atoms with Gasteiger partial charge < -0.3 is 11.1 Å². The molecule has 1 atom stereocenters. The number of benzene rings is 2. The first kappa shape index (κ1) is 16.7. The SMILES string of the molecule is Cc1cccc(C[C@H](NC(=O)c2cc(C)cc(C)c2)C(N)=O)c1. The van der Waals surface area contributed by atoms with Gasteiger partial charge in [0.2, 0.25) is 5.91 Å². The zero-order valence-electron chi connectivity index (χ0n) is 13.7. The summed E-state index contributed by atoms with van der Waals surface area (Å²) in [5, 5.41) is 2.74. The van der Waals surface area contributed by atoms with Crippen LogP contribution in [0.2, 0.25) is 0 Å². The summed E-state index contributed by atoms with van der Waals surface area (Å²) in [6, 6.07) is 12.7. The molecule has 2 amide bonds. The van der Waals surface area contributed by atoms with Crippen molar-refractivity contribution in [3.8, 4) is 0 Å². The van der Waals surface area contributed by atoms with Crippen molar-refractivity contribution >= 4 is 11.8 Å². The third-order valence-electron chi connectivity index (χ3n) is 3.65. The van der Waals surface area contributed by atoms with Crippen LogP contribution in [0.3, 0.4) is 0 Å². The summed E-state index contributed by atoms with van der Waals surface area (Å²) in [5.74, 6) is -0.822. The zero-order chi connectivity index (χ0) is 17.0. The number of nitrogens with one attached hydrogen (secondary N) is 1. The van der Waals surface area contributed by atoms with Gasteiger partial charge in [-0.2, -0.15) is 0 Å². The molecule has 0 aliphatic rings. The van der Waals surface area contributed by atoms with Crippen LogP contribution in [0.1, 0.15) is 32.6 Å². The molecule has 0 aliphatic carbocycles. The quantitative estimate of drug-likeness (QED) is 0.890. The van der Waals surface area contributed by atoms with Gasteiger partial charge in [0.25, 0.3) is 5.91 Å². The van der Waals surface area contributed by atoms with Crippen molar-refractivity contribution in [1.82, 2.24) is 5.32 Å². The Hall–Kier alpha value is -2.62. The van der Waals surface area contributed by atoms with E-state index in [1.165, 1.54) is 0 Å². The lowest BCUT2D eigenvalue weighted by Gasteiger charge is -2.16. The molecule has 2 aromatic rings. The molecule has 0 aliphatic heterocycles. The summed E-state index contributed by atoms with van der Waals surface area (Å²) in [4.78, 5) is 24.1. The Balaban J connectivity index is 2.15. The van der Waals surface area contributed by atoms with Crippen molar-refractivity contribution in [3.63, 3.8) is 0 Å². The number of nitrogens with two attached hydrogens (primary N) is 1. The van der Waals surface area contributed by atoms with Crippen LogP contribution in [0.5, 0.6) is 0 Å². The Kier molecular flexibility index (Phi) is 5.16. The van der Waals surface area contributed by atoms with Crippen LogP contribution >= 0.6 is 0 Å². The minimum atomic E-state index is -0.731. The molecule has 4 nitrogen and oxygen atoms in total. The molecule has 0 spiro atoms. The van der Waals surface area contributed by atoms with Crippen molar-refractivity contribution < 1.29 is 9.59 Å². The van der Waals surface area contributed by atoms with Crippen LogP contribution in [-0.2, 0) is 11.2 Å². The second kappa shape index (κ2) is 7.09. The summed E-state index contributed by atoms with van der Waals surface area (Å²) >= 11 is 0. The Morgan fingerprint density at radius 1 is 1.00 bits per heavy atom. The van der Waals surface area contributed by atoms with Crippen molar-refractivity contribution in [2.45, 2.75) is 33.2 Å². The fraction of sp³-hybridized carbons (Fsp3) is 0.263. The van der Waals surface area contributed by atoms with E-state index >= 15 is 0 Å². The van der Waals surface area contributed by atoms with Crippen LogP contribution in [-0.4, -0.2) is 17.9 Å². The molecule has 3 N–H and O–H groups in total. The maximum Gasteiger partial charge on any atom is 0.251 e. The molecule has 0 bridgehead atoms. The number of hydrogen-bond acceptors (Lipinski definition) is 2. The first-order valence-corrected chi connectivity index (χ1v) is 7.59. The van der Waals surface area contributed by atoms with Gasteiger partial charge in [0.1, 0.15) is 6.04 Å². The van der Waals surface area contributed by atoms with Gasteiger partial charge in [-0.1, -0.05) is 47.0 Å². The number of primary amides is 1. The molecule has 0 saturated heterocycles. The van der Waals surface area contributed by atoms with E-state index in [1.54, 1.807) is 12.1 Å². The summed E-state index contributed by atoms with van der Waals surface area (Å²) in [7, 11) is 0. The first-order valence-electron chi connectivity index (χ1n) is 7.59. The van der Waals surface area contributed by atoms with E-state index in [2.05, 4.69) is 5.32 Å². The van der Waals surface area contributed by atoms with Gasteiger partial charge in [0.05, 0.1) is 0 Å². The molecule has 0 radical (unpaired) electrons. The number of carbonyl (C=O) groups is 2. The van der Waals surface area contributed by atoms with Gasteiger partial charge >= 0.3 is 0 Å². The van der Waals surface area contributed by atoms with Crippen molar-refractivity contribution in [1.29, 1.82) is 0 Å². The highest BCUT2D eigenvalue weighted by atomic mass is 16.2. The van der Waals surface area contributed by atoms with E-state index in [9.17, 15) is 9.59 Å². The monoisotopic (exact) mass is 310 g/mol. The predicted molar refractivity (Wildman–Crippen MR) is 91.2 cm³/mol. The molecule has 0 saturated carbocycles. The molecule has 0 fully saturated rings. The van der Waals surface area contributed by atoms with E-state index in [4.69, 9.17) is 5.73 Å². The molecule has 0 aromatic heterocycles. The predicted octanol–water partition coefficient (Wildman–Crippen LogP) is 2.44. The van der Waals surface area contributed by atoms with E-state index in [1.807, 2.05) is 51.1 Å². The summed E-state index contributed by atoms with van der Waals surface area (Å²) in [6.07, 6.45) is 0.382. The van der Waals surface area contributed by atoms with Crippen LogP contribution < -0.4 is 11.1 Å². The highest BCUT2D eigenvalue weighted by molar-refractivity contribution is 5.97. The number of aryl methyl sites for hydroxylation is 3. The number of rotatable bonds is 5. The van der Waals surface area contributed by atoms with E-state index in [0.29, 0.717) is 12.0 Å². The van der Waals surface area contributed by atoms with Crippen molar-refractivity contribution in [2.75, 3.05) is 0 Å². The van der Waals surface area contributed by atoms with Gasteiger partial charge in [-0.25, -0.2) is 0 Å². The largest absolute Gasteiger partial charge is 0.368 e. The Morgan fingerprint density at radius 2 is 1.65 bits per heavy atom. The Morgan fingerprint density at radius 3 is 2.22 bits per heavy atom. The van der Waals surface area contributed by atoms with Crippen LogP contribution in [0, 0.1) is 20.8 Å². The van der Waals surface area contributed by atoms with Gasteiger partial charge in [-0.15, -0.1) is 0 Å². The number of hydrogen-bond donors (Lipinski definition) is 2. The lowest BCUT2D eigenvalue weighted by atomic mass is 10.0. The topological polar surface area (TPSA) is 72.2 Å². The molecule has 23 heavy (non-hydrogen) atoms. The van der Waals surface area contributed by atoms with Gasteiger partial charge in [0, 0.05) is 12.0 Å². The van der Waals surface area contributed by atoms with Gasteiger partial charge in [-0.05, 0) is 38.5 Å². The third kappa shape index (κ3) is 4.68. The third-order valence-corrected chi connectivity index (χ3v) is 3.65. The fourth-order valence-electron chi connectivity index (χ4n) is 2.64. The Labute approximate surface area is 136 Å². The highest BCUT2D eigenvalue weighted by Crippen LogP contribution is 2.11. The second-order valence-corrected chi connectivity index (χ2v) is 6.00. The molecule has 120 valence electrons. The summed E-state index contributed by atoms with van der Waals surface area (Å²) in [5.41, 5.74) is 10.1. The standard InChI is InChI=1S/C19H22N2O2/c1-12-5-4-6-15(8-12)11-17(18(20)22)21-19(23)16-9-13(2)7-14(3)10-16/h4-10,17H,11H2,1-3H3,(H2,20,22)(H,21,23)/t17-/m0/s1. The average Bonchev–Trinajstić information content (AvgIpc) is 2.45. The zero-order valence-corrected chi connectivity index (χ0v) is 13.7. The minimum absolute atomic E-state index is 0.284. The van der Waals surface area contributed by atoms with E-state index < -0.39 is 11.9 Å². The van der Waals surface area contributed by atoms with Crippen LogP contribution in [0.25, 0.3) is 0 Å². The molecular formula is C19H22N2O2. The molecule has 0 unspecified atom stereocenters. The van der Waals surface area contributed by atoms with Crippen molar-refractivity contribution in [2.24, 2.45) is 5.73 Å². The van der Waals surface area contributed by atoms with Crippen LogP contribution in [0.4, 0.5) is 0 Å². The maximum absolute atomic E-state index is 12.4. The molecule has 2 aromatic carbocycles. The molecule has 2 rings (SSSR count). The fourth-order valence-corrected chi connectivity index (χ4v) is 2.64. The maximum atomic E-state index is 12.4. The van der Waals surface area contributed by atoms with Crippen molar-refractivity contribution in [3.05, 3.63) is 70.3 Å². The normalized spacial score (nSPS) is 11.8. The summed E-state index contributed by atoms with van der Waals surface area (Å²) in [6.45, 7) is 5.85. The summed E-state index contributed by atoms with van der Waals surface area (Å²) < 4.78 is 0. The van der Waals surface area contributed by atoms with Gasteiger partial charge in [0.15, 0.2) is 0 Å². The average molecular weight is 310 g/mol. The lowest BCUT2D eigenvalue weighted by molar-refractivity contribution is -0.119. The van der Waals surface area contributed by atoms with Crippen LogP contribution in [0.15, 0.2) is 42.5 Å². The highest BCUT2D eigenvalue weighted by Gasteiger charge is 2.19. The molecular weight excluding hydrogens is 288 g/mol. The smallest absolute Gasteiger partial charge is 0.251 e. The first-order chi connectivity index (χ1) is 10.8.